The molecule has 1 N–H and O–H groups in total. The number of furan rings is 2. The van der Waals surface area contributed by atoms with Gasteiger partial charge in [0.05, 0.1) is 17.7 Å². The largest absolute Gasteiger partial charge is 0.481 e. The highest BCUT2D eigenvalue weighted by Crippen LogP contribution is 2.33. The summed E-state index contributed by atoms with van der Waals surface area (Å²) < 4.78 is 26.1. The van der Waals surface area contributed by atoms with Crippen LogP contribution in [0.15, 0.2) is 81.8 Å². The van der Waals surface area contributed by atoms with Gasteiger partial charge >= 0.3 is 5.97 Å². The third kappa shape index (κ3) is 6.57. The Labute approximate surface area is 262 Å². The summed E-state index contributed by atoms with van der Waals surface area (Å²) in [5, 5.41) is 11.2. The van der Waals surface area contributed by atoms with Crippen molar-refractivity contribution < 1.29 is 23.1 Å². The van der Waals surface area contributed by atoms with Crippen molar-refractivity contribution in [3.63, 3.8) is 0 Å². The first kappa shape index (κ1) is 29.4. The molecule has 8 heteroatoms. The first-order chi connectivity index (χ1) is 22.0. The van der Waals surface area contributed by atoms with Crippen molar-refractivity contribution in [2.75, 3.05) is 49.1 Å². The van der Waals surface area contributed by atoms with Gasteiger partial charge in [-0.05, 0) is 105 Å². The predicted molar refractivity (Wildman–Crippen MR) is 176 cm³/mol. The maximum absolute atomic E-state index is 14.8. The number of anilines is 2. The molecule has 3 aromatic carbocycles. The molecule has 0 spiro atoms. The predicted octanol–water partition coefficient (Wildman–Crippen LogP) is 8.17. The van der Waals surface area contributed by atoms with Crippen molar-refractivity contribution >= 4 is 39.3 Å². The number of carbonyl (C=O) groups is 1. The van der Waals surface area contributed by atoms with E-state index in [1.54, 1.807) is 12.3 Å². The molecule has 0 atom stereocenters. The number of aliphatic carboxylic acids is 1. The lowest BCUT2D eigenvalue weighted by atomic mass is 9.99. The van der Waals surface area contributed by atoms with E-state index in [2.05, 4.69) is 40.1 Å². The third-order valence-corrected chi connectivity index (χ3v) is 9.39. The maximum atomic E-state index is 14.8. The van der Waals surface area contributed by atoms with Gasteiger partial charge in [-0.25, -0.2) is 4.39 Å². The number of nitrogens with zero attached hydrogens (tertiary/aromatic N) is 3. The molecular formula is C37H40FN3O4. The van der Waals surface area contributed by atoms with Gasteiger partial charge in [-0.2, -0.15) is 0 Å². The molecule has 3 aliphatic heterocycles. The van der Waals surface area contributed by atoms with Crippen LogP contribution < -0.4 is 9.80 Å². The molecule has 2 aromatic heterocycles. The Morgan fingerprint density at radius 3 is 2.04 bits per heavy atom. The lowest BCUT2D eigenvalue weighted by Crippen LogP contribution is -2.49. The van der Waals surface area contributed by atoms with E-state index in [1.807, 2.05) is 29.2 Å². The quantitative estimate of drug-likeness (QED) is 0.208. The minimum atomic E-state index is -0.763. The molecule has 3 aliphatic rings. The summed E-state index contributed by atoms with van der Waals surface area (Å²) in [5.74, 6) is -0.863. The summed E-state index contributed by atoms with van der Waals surface area (Å²) in [7, 11) is 0. The third-order valence-electron chi connectivity index (χ3n) is 9.39. The Kier molecular flexibility index (Phi) is 8.48. The molecule has 0 amide bonds. The lowest BCUT2D eigenvalue weighted by Gasteiger charge is -2.36. The van der Waals surface area contributed by atoms with Crippen LogP contribution in [0.5, 0.6) is 0 Å². The molecule has 3 fully saturated rings. The van der Waals surface area contributed by atoms with Gasteiger partial charge in [0.25, 0.3) is 0 Å². The van der Waals surface area contributed by atoms with E-state index in [9.17, 15) is 9.18 Å². The summed E-state index contributed by atoms with van der Waals surface area (Å²) in [5.41, 5.74) is 5.55. The number of carboxylic acid groups (broad SMARTS) is 1. The van der Waals surface area contributed by atoms with Gasteiger partial charge in [-0.1, -0.05) is 6.07 Å². The van der Waals surface area contributed by atoms with Crippen LogP contribution >= 0.6 is 0 Å². The highest BCUT2D eigenvalue weighted by molar-refractivity contribution is 5.86. The van der Waals surface area contributed by atoms with Crippen LogP contribution in [-0.2, 0) is 11.3 Å². The van der Waals surface area contributed by atoms with Crippen LogP contribution in [0.4, 0.5) is 15.8 Å². The Morgan fingerprint density at radius 1 is 0.756 bits per heavy atom. The molecule has 5 aromatic rings. The van der Waals surface area contributed by atoms with Gasteiger partial charge in [0.1, 0.15) is 22.7 Å². The molecular weight excluding hydrogens is 569 g/mol. The fourth-order valence-corrected chi connectivity index (χ4v) is 6.79. The van der Waals surface area contributed by atoms with Crippen LogP contribution in [-0.4, -0.2) is 55.2 Å². The number of piperidine rings is 2. The van der Waals surface area contributed by atoms with Gasteiger partial charge in [0.15, 0.2) is 0 Å². The second-order valence-electron chi connectivity index (χ2n) is 12.6. The number of carboxylic acids is 1. The number of fused-ring (bicyclic) bond motifs is 2. The first-order valence-corrected chi connectivity index (χ1v) is 16.2. The summed E-state index contributed by atoms with van der Waals surface area (Å²) in [6.45, 7) is 6.14. The minimum Gasteiger partial charge on any atom is -0.481 e. The average Bonchev–Trinajstić information content (AvgIpc) is 3.70. The fourth-order valence-electron chi connectivity index (χ4n) is 6.79. The van der Waals surface area contributed by atoms with E-state index in [0.29, 0.717) is 31.0 Å². The Bertz CT molecular complexity index is 1780. The van der Waals surface area contributed by atoms with E-state index >= 15 is 0 Å². The first-order valence-electron chi connectivity index (χ1n) is 16.2. The smallest absolute Gasteiger partial charge is 0.309 e. The number of hydrogen-bond donors (Lipinski definition) is 1. The van der Waals surface area contributed by atoms with Crippen LogP contribution in [0.3, 0.4) is 0 Å². The van der Waals surface area contributed by atoms with E-state index in [1.165, 1.54) is 74.4 Å². The molecule has 0 saturated carbocycles. The van der Waals surface area contributed by atoms with Gasteiger partial charge in [-0.3, -0.25) is 9.69 Å². The summed E-state index contributed by atoms with van der Waals surface area (Å²) >= 11 is 0. The molecule has 0 bridgehead atoms. The van der Waals surface area contributed by atoms with Crippen molar-refractivity contribution in [1.82, 2.24) is 4.90 Å². The van der Waals surface area contributed by atoms with Gasteiger partial charge < -0.3 is 23.7 Å². The highest BCUT2D eigenvalue weighted by atomic mass is 19.1. The zero-order valence-electron chi connectivity index (χ0n) is 25.6. The zero-order chi connectivity index (χ0) is 30.8. The molecule has 234 valence electrons. The molecule has 7 nitrogen and oxygen atoms in total. The normalized spacial score (nSPS) is 17.7. The van der Waals surface area contributed by atoms with Crippen molar-refractivity contribution in [3.05, 3.63) is 84.4 Å². The molecule has 8 rings (SSSR count). The summed E-state index contributed by atoms with van der Waals surface area (Å²) in [6, 6.07) is 21.7. The Morgan fingerprint density at radius 2 is 1.40 bits per heavy atom. The number of rotatable bonds is 6. The second kappa shape index (κ2) is 13.0. The van der Waals surface area contributed by atoms with Crippen LogP contribution in [0.25, 0.3) is 33.3 Å². The van der Waals surface area contributed by atoms with E-state index in [0.717, 1.165) is 35.2 Å². The van der Waals surface area contributed by atoms with E-state index in [-0.39, 0.29) is 11.7 Å². The monoisotopic (exact) mass is 609 g/mol. The number of benzene rings is 3. The van der Waals surface area contributed by atoms with Crippen molar-refractivity contribution in [2.45, 2.75) is 45.1 Å². The van der Waals surface area contributed by atoms with Crippen molar-refractivity contribution in [1.29, 1.82) is 0 Å². The molecule has 0 radical (unpaired) electrons. The number of likely N-dealkylation sites (tertiary alicyclic amines) is 1. The van der Waals surface area contributed by atoms with E-state index < -0.39 is 5.97 Å². The van der Waals surface area contributed by atoms with Crippen molar-refractivity contribution in [2.24, 2.45) is 5.92 Å². The SMILES string of the molecule is O=C(O)C1CN(Cc2ccc(-c3cc4cc(N5CCCCC5)ccc4o3)c(F)c2)C1.c1cc2cc(N3CCCCC3)ccc2o1. The van der Waals surface area contributed by atoms with Crippen LogP contribution in [0, 0.1) is 11.7 Å². The summed E-state index contributed by atoms with van der Waals surface area (Å²) in [4.78, 5) is 17.8. The Balaban J connectivity index is 0.000000181. The summed E-state index contributed by atoms with van der Waals surface area (Å²) in [6.07, 6.45) is 9.52. The van der Waals surface area contributed by atoms with Gasteiger partial charge in [0, 0.05) is 68.0 Å². The maximum Gasteiger partial charge on any atom is 0.309 e. The standard InChI is InChI=1S/C24H25FN2O3.C13H15NO/c25-21-10-16(13-26-14-18(15-26)24(28)29)4-6-20(21)23-12-17-11-19(5-7-22(17)30-23)27-8-2-1-3-9-27;1-2-7-14(8-3-1)12-4-5-13-11(10-12)6-9-15-13/h4-7,10-12,18H,1-3,8-9,13-15H2,(H,28,29);4-6,9-10H,1-3,7-8H2. The topological polar surface area (TPSA) is 73.3 Å². The van der Waals surface area contributed by atoms with E-state index in [4.69, 9.17) is 13.9 Å². The number of hydrogen-bond acceptors (Lipinski definition) is 6. The van der Waals surface area contributed by atoms with Gasteiger partial charge in [-0.15, -0.1) is 0 Å². The highest BCUT2D eigenvalue weighted by Gasteiger charge is 2.32. The van der Waals surface area contributed by atoms with Crippen molar-refractivity contribution in [3.8, 4) is 11.3 Å². The second-order valence-corrected chi connectivity index (χ2v) is 12.6. The molecule has 0 unspecified atom stereocenters. The van der Waals surface area contributed by atoms with Gasteiger partial charge in [0.2, 0.25) is 0 Å². The zero-order valence-corrected chi connectivity index (χ0v) is 25.6. The van der Waals surface area contributed by atoms with Crippen LogP contribution in [0.2, 0.25) is 0 Å². The molecule has 5 heterocycles. The lowest BCUT2D eigenvalue weighted by molar-refractivity contribution is -0.147. The minimum absolute atomic E-state index is 0.306. The molecule has 0 aliphatic carbocycles. The fraction of sp³-hybridized carbons (Fsp3) is 0.378. The van der Waals surface area contributed by atoms with Crippen LogP contribution in [0.1, 0.15) is 44.1 Å². The molecule has 3 saturated heterocycles. The molecule has 45 heavy (non-hydrogen) atoms. The Hall–Kier alpha value is -4.30. The average molecular weight is 610 g/mol. The number of halogens is 1.